The van der Waals surface area contributed by atoms with Gasteiger partial charge in [0, 0.05) is 0 Å². The maximum Gasteiger partial charge on any atom is 0.335 e. The Morgan fingerprint density at radius 1 is 1.15 bits per heavy atom. The topological polar surface area (TPSA) is 63.6 Å². The predicted molar refractivity (Wildman–Crippen MR) is 69.6 cm³/mol. The predicted octanol–water partition coefficient (Wildman–Crippen LogP) is 2.86. The lowest BCUT2D eigenvalue weighted by Crippen LogP contribution is -2.00. The summed E-state index contributed by atoms with van der Waals surface area (Å²) >= 11 is 0. The maximum atomic E-state index is 12.9. The van der Waals surface area contributed by atoms with Crippen molar-refractivity contribution in [3.8, 4) is 11.1 Å². The van der Waals surface area contributed by atoms with Crippen molar-refractivity contribution in [2.45, 2.75) is 6.61 Å². The molecule has 0 aliphatic carbocycles. The largest absolute Gasteiger partial charge is 0.478 e. The third-order valence-corrected chi connectivity index (χ3v) is 2.74. The zero-order chi connectivity index (χ0) is 14.5. The van der Waals surface area contributed by atoms with Crippen LogP contribution >= 0.6 is 0 Å². The molecule has 0 radical (unpaired) electrons. The van der Waals surface area contributed by atoms with Gasteiger partial charge in [-0.25, -0.2) is 9.18 Å². The average Bonchev–Trinajstić information content (AvgIpc) is 2.45. The highest BCUT2D eigenvalue weighted by Gasteiger charge is 2.09. The minimum atomic E-state index is -1.08. The number of benzene rings is 2. The summed E-state index contributed by atoms with van der Waals surface area (Å²) in [4.78, 5) is 21.3. The second-order valence-corrected chi connectivity index (χ2v) is 4.14. The first-order chi connectivity index (χ1) is 9.60. The van der Waals surface area contributed by atoms with Gasteiger partial charge in [-0.15, -0.1) is 0 Å². The number of hydrogen-bond acceptors (Lipinski definition) is 3. The molecule has 4 nitrogen and oxygen atoms in total. The van der Waals surface area contributed by atoms with Gasteiger partial charge in [0.25, 0.3) is 6.47 Å². The minimum absolute atomic E-state index is 0.0151. The monoisotopic (exact) mass is 274 g/mol. The van der Waals surface area contributed by atoms with Crippen molar-refractivity contribution in [1.29, 1.82) is 0 Å². The van der Waals surface area contributed by atoms with Crippen LogP contribution in [0.15, 0.2) is 42.5 Å². The lowest BCUT2D eigenvalue weighted by atomic mass is 10.00. The molecule has 2 rings (SSSR count). The first-order valence-corrected chi connectivity index (χ1v) is 5.78. The molecule has 0 spiro atoms. The summed E-state index contributed by atoms with van der Waals surface area (Å²) in [7, 11) is 0. The third kappa shape index (κ3) is 3.20. The standard InChI is InChI=1S/C15H11FO4/c16-14-3-1-11(2-4-14)12-5-10(8-20-9-17)6-13(7-12)15(18)19/h1-7,9H,8H2,(H,18,19). The van der Waals surface area contributed by atoms with Crippen LogP contribution in [0.5, 0.6) is 0 Å². The summed E-state index contributed by atoms with van der Waals surface area (Å²) in [6.07, 6.45) is 0. The third-order valence-electron chi connectivity index (χ3n) is 2.74. The van der Waals surface area contributed by atoms with E-state index in [-0.39, 0.29) is 18.0 Å². The van der Waals surface area contributed by atoms with Gasteiger partial charge in [-0.2, -0.15) is 0 Å². The van der Waals surface area contributed by atoms with Crippen molar-refractivity contribution in [2.24, 2.45) is 0 Å². The van der Waals surface area contributed by atoms with Gasteiger partial charge in [-0.1, -0.05) is 12.1 Å². The Morgan fingerprint density at radius 3 is 2.45 bits per heavy atom. The van der Waals surface area contributed by atoms with E-state index in [0.29, 0.717) is 23.2 Å². The Kier molecular flexibility index (Phi) is 4.10. The van der Waals surface area contributed by atoms with Gasteiger partial charge in [-0.05, 0) is 47.0 Å². The molecular formula is C15H11FO4. The number of carbonyl (C=O) groups excluding carboxylic acids is 1. The fraction of sp³-hybridized carbons (Fsp3) is 0.0667. The zero-order valence-electron chi connectivity index (χ0n) is 10.4. The van der Waals surface area contributed by atoms with E-state index in [1.54, 1.807) is 18.2 Å². The van der Waals surface area contributed by atoms with Gasteiger partial charge in [0.15, 0.2) is 0 Å². The number of aromatic carboxylic acids is 1. The van der Waals surface area contributed by atoms with E-state index in [0.717, 1.165) is 0 Å². The van der Waals surface area contributed by atoms with E-state index >= 15 is 0 Å². The number of carboxylic acid groups (broad SMARTS) is 1. The highest BCUT2D eigenvalue weighted by Crippen LogP contribution is 2.23. The van der Waals surface area contributed by atoms with Gasteiger partial charge >= 0.3 is 5.97 Å². The van der Waals surface area contributed by atoms with Gasteiger partial charge in [0.2, 0.25) is 0 Å². The van der Waals surface area contributed by atoms with Crippen LogP contribution in [0.3, 0.4) is 0 Å². The van der Waals surface area contributed by atoms with Crippen LogP contribution in [0.25, 0.3) is 11.1 Å². The van der Waals surface area contributed by atoms with Crippen molar-refractivity contribution < 1.29 is 23.8 Å². The smallest absolute Gasteiger partial charge is 0.335 e. The SMILES string of the molecule is O=COCc1cc(C(=O)O)cc(-c2ccc(F)cc2)c1. The fourth-order valence-corrected chi connectivity index (χ4v) is 1.84. The van der Waals surface area contributed by atoms with E-state index in [1.165, 1.54) is 24.3 Å². The molecule has 2 aromatic rings. The molecule has 0 aliphatic rings. The van der Waals surface area contributed by atoms with Crippen LogP contribution in [0.1, 0.15) is 15.9 Å². The van der Waals surface area contributed by atoms with Crippen LogP contribution in [0.4, 0.5) is 4.39 Å². The molecule has 0 fully saturated rings. The van der Waals surface area contributed by atoms with Gasteiger partial charge in [0.05, 0.1) is 5.56 Å². The Morgan fingerprint density at radius 2 is 1.85 bits per heavy atom. The van der Waals surface area contributed by atoms with Gasteiger partial charge < -0.3 is 9.84 Å². The highest BCUT2D eigenvalue weighted by molar-refractivity contribution is 5.89. The van der Waals surface area contributed by atoms with Crippen molar-refractivity contribution >= 4 is 12.4 Å². The number of halogens is 1. The molecule has 20 heavy (non-hydrogen) atoms. The summed E-state index contributed by atoms with van der Waals surface area (Å²) in [5.74, 6) is -1.45. The molecule has 0 aromatic heterocycles. The molecule has 102 valence electrons. The Balaban J connectivity index is 2.45. The minimum Gasteiger partial charge on any atom is -0.478 e. The molecule has 1 N–H and O–H groups in total. The van der Waals surface area contributed by atoms with Crippen LogP contribution in [-0.4, -0.2) is 17.5 Å². The molecule has 0 bridgehead atoms. The van der Waals surface area contributed by atoms with Crippen LogP contribution in [0.2, 0.25) is 0 Å². The Bertz CT molecular complexity index is 635. The summed E-state index contributed by atoms with van der Waals surface area (Å²) in [6, 6.07) is 10.3. The summed E-state index contributed by atoms with van der Waals surface area (Å²) in [5, 5.41) is 9.08. The molecule has 5 heteroatoms. The number of carbonyl (C=O) groups is 2. The number of hydrogen-bond donors (Lipinski definition) is 1. The molecular weight excluding hydrogens is 263 g/mol. The fourth-order valence-electron chi connectivity index (χ4n) is 1.84. The summed E-state index contributed by atoms with van der Waals surface area (Å²) in [5.41, 5.74) is 1.93. The molecule has 2 aromatic carbocycles. The van der Waals surface area contributed by atoms with Crippen LogP contribution in [-0.2, 0) is 16.1 Å². The van der Waals surface area contributed by atoms with E-state index < -0.39 is 5.97 Å². The Hall–Kier alpha value is -2.69. The lowest BCUT2D eigenvalue weighted by molar-refractivity contribution is -0.129. The second-order valence-electron chi connectivity index (χ2n) is 4.14. The van der Waals surface area contributed by atoms with Crippen LogP contribution in [0, 0.1) is 5.82 Å². The lowest BCUT2D eigenvalue weighted by Gasteiger charge is -2.07. The maximum absolute atomic E-state index is 12.9. The zero-order valence-corrected chi connectivity index (χ0v) is 10.4. The van der Waals surface area contributed by atoms with E-state index in [4.69, 9.17) is 5.11 Å². The molecule has 0 heterocycles. The normalized spacial score (nSPS) is 10.1. The van der Waals surface area contributed by atoms with Gasteiger partial charge in [0.1, 0.15) is 12.4 Å². The van der Waals surface area contributed by atoms with Gasteiger partial charge in [-0.3, -0.25) is 4.79 Å². The first kappa shape index (κ1) is 13.7. The van der Waals surface area contributed by atoms with Crippen molar-refractivity contribution in [1.82, 2.24) is 0 Å². The first-order valence-electron chi connectivity index (χ1n) is 5.78. The van der Waals surface area contributed by atoms with Crippen molar-refractivity contribution in [3.63, 3.8) is 0 Å². The molecule has 0 saturated heterocycles. The molecule has 0 amide bonds. The Labute approximate surface area is 114 Å². The van der Waals surface area contributed by atoms with E-state index in [1.807, 2.05) is 0 Å². The molecule has 0 atom stereocenters. The van der Waals surface area contributed by atoms with Crippen molar-refractivity contribution in [2.75, 3.05) is 0 Å². The molecule has 0 unspecified atom stereocenters. The number of ether oxygens (including phenoxy) is 1. The average molecular weight is 274 g/mol. The molecule has 0 aliphatic heterocycles. The number of rotatable bonds is 5. The van der Waals surface area contributed by atoms with E-state index in [2.05, 4.69) is 4.74 Å². The summed E-state index contributed by atoms with van der Waals surface area (Å²) in [6.45, 7) is 0.282. The van der Waals surface area contributed by atoms with Crippen LogP contribution < -0.4 is 0 Å². The quantitative estimate of drug-likeness (QED) is 0.851. The van der Waals surface area contributed by atoms with E-state index in [9.17, 15) is 14.0 Å². The summed E-state index contributed by atoms with van der Waals surface area (Å²) < 4.78 is 17.5. The molecule has 0 saturated carbocycles. The highest BCUT2D eigenvalue weighted by atomic mass is 19.1. The van der Waals surface area contributed by atoms with Crippen molar-refractivity contribution in [3.05, 3.63) is 59.4 Å². The second kappa shape index (κ2) is 5.97. The number of carboxylic acids is 1.